The molecule has 4 rings (SSSR count). The minimum atomic E-state index is -0.586. The number of furan rings is 1. The molecule has 2 aromatic carbocycles. The van der Waals surface area contributed by atoms with Gasteiger partial charge in [-0.05, 0) is 85.4 Å². The van der Waals surface area contributed by atoms with Gasteiger partial charge in [0.15, 0.2) is 5.11 Å². The van der Waals surface area contributed by atoms with Crippen molar-refractivity contribution in [2.75, 3.05) is 4.90 Å². The molecule has 31 heavy (non-hydrogen) atoms. The summed E-state index contributed by atoms with van der Waals surface area (Å²) in [5.74, 6) is -0.220. The van der Waals surface area contributed by atoms with Crippen molar-refractivity contribution in [1.82, 2.24) is 5.32 Å². The van der Waals surface area contributed by atoms with Crippen LogP contribution in [0, 0.1) is 18.3 Å². The predicted octanol–water partition coefficient (Wildman–Crippen LogP) is 4.72. The average Bonchev–Trinajstić information content (AvgIpc) is 3.21. The molecule has 0 bridgehead atoms. The molecular formula is C23H14BrN3O3S. The second kappa shape index (κ2) is 8.30. The average molecular weight is 492 g/mol. The van der Waals surface area contributed by atoms with Gasteiger partial charge in [0.1, 0.15) is 17.1 Å². The number of thiocarbonyl (C=S) groups is 1. The molecule has 1 aliphatic heterocycles. The fourth-order valence-electron chi connectivity index (χ4n) is 3.18. The number of benzene rings is 2. The lowest BCUT2D eigenvalue weighted by Crippen LogP contribution is -2.54. The standard InChI is InChI=1S/C23H14BrN3O3S/c1-13-10-16(24)6-8-19(13)27-22(29)18(21(28)26-23(27)31)11-17-7-9-20(30-17)15-4-2-14(12-25)3-5-15/h2-11H,1H3,(H,26,28,31)/b18-11-. The molecule has 0 unspecified atom stereocenters. The van der Waals surface area contributed by atoms with Crippen molar-refractivity contribution in [3.8, 4) is 17.4 Å². The van der Waals surface area contributed by atoms with Crippen molar-refractivity contribution in [2.24, 2.45) is 0 Å². The number of nitriles is 1. The van der Waals surface area contributed by atoms with E-state index < -0.39 is 11.8 Å². The largest absolute Gasteiger partial charge is 0.457 e. The molecule has 2 heterocycles. The van der Waals surface area contributed by atoms with E-state index in [0.29, 0.717) is 22.8 Å². The zero-order valence-corrected chi connectivity index (χ0v) is 18.6. The SMILES string of the molecule is Cc1cc(Br)ccc1N1C(=O)/C(=C\c2ccc(-c3ccc(C#N)cc3)o2)C(=O)NC1=S. The minimum absolute atomic E-state index is 0.0234. The second-order valence-corrected chi connectivity index (χ2v) is 8.08. The monoisotopic (exact) mass is 491 g/mol. The molecule has 0 saturated carbocycles. The summed E-state index contributed by atoms with van der Waals surface area (Å²) in [5, 5.41) is 11.5. The zero-order chi connectivity index (χ0) is 22.1. The fourth-order valence-corrected chi connectivity index (χ4v) is 3.93. The van der Waals surface area contributed by atoms with Crippen molar-refractivity contribution in [3.63, 3.8) is 0 Å². The quantitative estimate of drug-likeness (QED) is 0.325. The van der Waals surface area contributed by atoms with Gasteiger partial charge in [0.25, 0.3) is 11.8 Å². The first-order valence-electron chi connectivity index (χ1n) is 9.15. The lowest BCUT2D eigenvalue weighted by molar-refractivity contribution is -0.122. The maximum Gasteiger partial charge on any atom is 0.270 e. The Morgan fingerprint density at radius 1 is 1.13 bits per heavy atom. The number of amides is 2. The Hall–Kier alpha value is -3.54. The van der Waals surface area contributed by atoms with Crippen LogP contribution < -0.4 is 10.2 Å². The first-order valence-corrected chi connectivity index (χ1v) is 10.4. The van der Waals surface area contributed by atoms with E-state index >= 15 is 0 Å². The molecular weight excluding hydrogens is 478 g/mol. The smallest absolute Gasteiger partial charge is 0.270 e. The molecule has 0 atom stereocenters. The molecule has 1 saturated heterocycles. The van der Waals surface area contributed by atoms with E-state index in [1.807, 2.05) is 13.0 Å². The summed E-state index contributed by atoms with van der Waals surface area (Å²) in [6, 6.07) is 17.8. The summed E-state index contributed by atoms with van der Waals surface area (Å²) >= 11 is 8.65. The molecule has 152 valence electrons. The van der Waals surface area contributed by atoms with Crippen LogP contribution in [0.4, 0.5) is 5.69 Å². The highest BCUT2D eigenvalue weighted by atomic mass is 79.9. The summed E-state index contributed by atoms with van der Waals surface area (Å²) in [7, 11) is 0. The number of carbonyl (C=O) groups excluding carboxylic acids is 2. The van der Waals surface area contributed by atoms with Crippen LogP contribution in [0.5, 0.6) is 0 Å². The van der Waals surface area contributed by atoms with E-state index in [9.17, 15) is 9.59 Å². The highest BCUT2D eigenvalue weighted by Crippen LogP contribution is 2.29. The summed E-state index contributed by atoms with van der Waals surface area (Å²) in [6.45, 7) is 1.85. The van der Waals surface area contributed by atoms with Crippen LogP contribution in [0.3, 0.4) is 0 Å². The van der Waals surface area contributed by atoms with Gasteiger partial charge < -0.3 is 4.42 Å². The van der Waals surface area contributed by atoms with Crippen LogP contribution in [0.15, 0.2) is 69.1 Å². The van der Waals surface area contributed by atoms with Gasteiger partial charge in [0.05, 0.1) is 17.3 Å². The van der Waals surface area contributed by atoms with Gasteiger partial charge in [0.2, 0.25) is 0 Å². The van der Waals surface area contributed by atoms with E-state index in [1.54, 1.807) is 48.5 Å². The van der Waals surface area contributed by atoms with Gasteiger partial charge in [-0.25, -0.2) is 0 Å². The third kappa shape index (κ3) is 4.06. The molecule has 0 spiro atoms. The van der Waals surface area contributed by atoms with E-state index in [4.69, 9.17) is 21.9 Å². The molecule has 1 N–H and O–H groups in total. The molecule has 2 amide bonds. The summed E-state index contributed by atoms with van der Waals surface area (Å²) in [5.41, 5.74) is 2.64. The number of rotatable bonds is 3. The number of aryl methyl sites for hydroxylation is 1. The Morgan fingerprint density at radius 3 is 2.55 bits per heavy atom. The Bertz CT molecular complexity index is 1300. The highest BCUT2D eigenvalue weighted by Gasteiger charge is 2.35. The van der Waals surface area contributed by atoms with Crippen LogP contribution in [-0.4, -0.2) is 16.9 Å². The molecule has 1 aliphatic rings. The predicted molar refractivity (Wildman–Crippen MR) is 124 cm³/mol. The van der Waals surface area contributed by atoms with Crippen molar-refractivity contribution >= 4 is 56.8 Å². The van der Waals surface area contributed by atoms with Gasteiger partial charge in [-0.15, -0.1) is 0 Å². The molecule has 1 aromatic heterocycles. The van der Waals surface area contributed by atoms with E-state index in [0.717, 1.165) is 15.6 Å². The van der Waals surface area contributed by atoms with Crippen molar-refractivity contribution in [3.05, 3.63) is 81.5 Å². The molecule has 0 radical (unpaired) electrons. The number of carbonyl (C=O) groups is 2. The van der Waals surface area contributed by atoms with Crippen molar-refractivity contribution in [1.29, 1.82) is 5.26 Å². The highest BCUT2D eigenvalue weighted by molar-refractivity contribution is 9.10. The number of hydrogen-bond donors (Lipinski definition) is 1. The first-order chi connectivity index (χ1) is 14.9. The third-order valence-electron chi connectivity index (χ3n) is 4.71. The number of anilines is 1. The Morgan fingerprint density at radius 2 is 1.87 bits per heavy atom. The molecule has 6 nitrogen and oxygen atoms in total. The second-order valence-electron chi connectivity index (χ2n) is 6.78. The van der Waals surface area contributed by atoms with Gasteiger partial charge >= 0.3 is 0 Å². The number of hydrogen-bond acceptors (Lipinski definition) is 5. The van der Waals surface area contributed by atoms with Crippen LogP contribution in [-0.2, 0) is 9.59 Å². The summed E-state index contributed by atoms with van der Waals surface area (Å²) < 4.78 is 6.67. The molecule has 3 aromatic rings. The van der Waals surface area contributed by atoms with Crippen molar-refractivity contribution in [2.45, 2.75) is 6.92 Å². The van der Waals surface area contributed by atoms with E-state index in [-0.39, 0.29) is 10.7 Å². The topological polar surface area (TPSA) is 86.3 Å². The summed E-state index contributed by atoms with van der Waals surface area (Å²) in [4.78, 5) is 26.9. The summed E-state index contributed by atoms with van der Waals surface area (Å²) in [6.07, 6.45) is 1.40. The fraction of sp³-hybridized carbons (Fsp3) is 0.0435. The molecule has 8 heteroatoms. The maximum absolute atomic E-state index is 13.2. The van der Waals surface area contributed by atoms with Crippen LogP contribution in [0.25, 0.3) is 17.4 Å². The molecule has 1 fully saturated rings. The number of nitrogens with zero attached hydrogens (tertiary/aromatic N) is 2. The number of halogens is 1. The Kier molecular flexibility index (Phi) is 5.55. The van der Waals surface area contributed by atoms with E-state index in [1.165, 1.54) is 11.0 Å². The van der Waals surface area contributed by atoms with Gasteiger partial charge in [-0.3, -0.25) is 19.8 Å². The Balaban J connectivity index is 1.67. The van der Waals surface area contributed by atoms with Crippen LogP contribution in [0.2, 0.25) is 0 Å². The van der Waals surface area contributed by atoms with E-state index in [2.05, 4.69) is 27.3 Å². The van der Waals surface area contributed by atoms with Crippen LogP contribution in [0.1, 0.15) is 16.9 Å². The van der Waals surface area contributed by atoms with Crippen molar-refractivity contribution < 1.29 is 14.0 Å². The first kappa shape index (κ1) is 20.7. The lowest BCUT2D eigenvalue weighted by atomic mass is 10.1. The Labute approximate surface area is 191 Å². The van der Waals surface area contributed by atoms with Gasteiger partial charge in [0, 0.05) is 10.0 Å². The number of nitrogens with one attached hydrogen (secondary N) is 1. The third-order valence-corrected chi connectivity index (χ3v) is 5.49. The van der Waals surface area contributed by atoms with Gasteiger partial charge in [-0.2, -0.15) is 5.26 Å². The minimum Gasteiger partial charge on any atom is -0.457 e. The maximum atomic E-state index is 13.2. The zero-order valence-electron chi connectivity index (χ0n) is 16.2. The normalized spacial score (nSPS) is 15.2. The van der Waals surface area contributed by atoms with Gasteiger partial charge in [-0.1, -0.05) is 15.9 Å². The lowest BCUT2D eigenvalue weighted by Gasteiger charge is -2.29. The molecule has 0 aliphatic carbocycles. The van der Waals surface area contributed by atoms with Crippen LogP contribution >= 0.6 is 28.1 Å².